The van der Waals surface area contributed by atoms with Crippen molar-refractivity contribution in [1.82, 2.24) is 15.2 Å². The minimum Gasteiger partial charge on any atom is -0.477 e. The van der Waals surface area contributed by atoms with Gasteiger partial charge in [-0.1, -0.05) is 5.16 Å². The van der Waals surface area contributed by atoms with Gasteiger partial charge >= 0.3 is 5.97 Å². The highest BCUT2D eigenvalue weighted by molar-refractivity contribution is 8.00. The number of carbonyl (C=O) groups is 3. The number of likely N-dealkylation sites (tertiary alicyclic amines) is 1. The van der Waals surface area contributed by atoms with Crippen molar-refractivity contribution in [1.29, 1.82) is 0 Å². The number of oxime groups is 1. The fourth-order valence-corrected chi connectivity index (χ4v) is 6.40. The van der Waals surface area contributed by atoms with Gasteiger partial charge in [0.05, 0.1) is 7.05 Å². The first-order valence-corrected chi connectivity index (χ1v) is 12.2. The van der Waals surface area contributed by atoms with Crippen molar-refractivity contribution in [3.05, 3.63) is 22.3 Å². The van der Waals surface area contributed by atoms with Gasteiger partial charge in [-0.25, -0.2) is 9.78 Å². The molecule has 3 aliphatic heterocycles. The van der Waals surface area contributed by atoms with Crippen LogP contribution in [0.5, 0.6) is 0 Å². The number of aliphatic carboxylic acids is 1. The number of β-lactam (4-membered cyclic amide) rings is 1. The fourth-order valence-electron chi connectivity index (χ4n) is 4.52. The third-order valence-electron chi connectivity index (χ3n) is 5.97. The van der Waals surface area contributed by atoms with Crippen molar-refractivity contribution < 1.29 is 39.0 Å². The number of nitrogens with one attached hydrogen (secondary N) is 1. The Bertz CT molecular complexity index is 1080. The summed E-state index contributed by atoms with van der Waals surface area (Å²) in [5.74, 6) is -2.18. The number of aliphatic hydroxyl groups excluding tert-OH is 2. The number of rotatable bonds is 7. The van der Waals surface area contributed by atoms with Gasteiger partial charge in [0.15, 0.2) is 10.8 Å². The Labute approximate surface area is 202 Å². The number of anilines is 1. The molecule has 2 fully saturated rings. The van der Waals surface area contributed by atoms with Crippen molar-refractivity contribution >= 4 is 51.7 Å². The number of carboxylic acid groups (broad SMARTS) is 1. The highest BCUT2D eigenvalue weighted by Gasteiger charge is 2.55. The minimum atomic E-state index is -1.25. The molecule has 0 aromatic carbocycles. The summed E-state index contributed by atoms with van der Waals surface area (Å²) in [4.78, 5) is 47.8. The number of aliphatic hydroxyl groups is 2. The fraction of sp³-hybridized carbons (Fsp3) is 0.526. The number of carboxylic acids is 1. The summed E-state index contributed by atoms with van der Waals surface area (Å²) in [5, 5.41) is 37.2. The largest absolute Gasteiger partial charge is 0.477 e. The normalized spacial score (nSPS) is 28.4. The maximum Gasteiger partial charge on any atom is 0.352 e. The maximum atomic E-state index is 12.9. The topological polar surface area (TPSA) is 188 Å². The van der Waals surface area contributed by atoms with E-state index >= 15 is 0 Å². The molecule has 4 heterocycles. The number of likely N-dealkylation sites (N-methyl/N-ethyl adjacent to an activating group) is 1. The Kier molecular flexibility index (Phi) is 6.56. The summed E-state index contributed by atoms with van der Waals surface area (Å²) in [6.45, 7) is 0.828. The lowest BCUT2D eigenvalue weighted by Crippen LogP contribution is -2.71. The zero-order valence-electron chi connectivity index (χ0n) is 18.4. The SMILES string of the molecule is CON=C(C(=O)NC1C(=O)N2C(C(=O)O)=C(C[N+]3(C)C[C@@H](O)[C@H](O)C3)CS[C@@H]12)c1csc(N)n1. The van der Waals surface area contributed by atoms with Crippen LogP contribution < -0.4 is 11.1 Å². The van der Waals surface area contributed by atoms with Gasteiger partial charge in [0, 0.05) is 16.7 Å². The number of thioether (sulfide) groups is 1. The van der Waals surface area contributed by atoms with E-state index in [1.54, 1.807) is 0 Å². The van der Waals surface area contributed by atoms with Gasteiger partial charge in [0.1, 0.15) is 61.8 Å². The van der Waals surface area contributed by atoms with E-state index < -0.39 is 41.4 Å². The predicted octanol–water partition coefficient (Wildman–Crippen LogP) is -2.00. The number of nitrogens with zero attached hydrogens (tertiary/aromatic N) is 4. The van der Waals surface area contributed by atoms with Gasteiger partial charge in [0.25, 0.3) is 11.8 Å². The molecule has 0 aliphatic carbocycles. The van der Waals surface area contributed by atoms with Crippen LogP contribution in [0.15, 0.2) is 21.8 Å². The summed E-state index contributed by atoms with van der Waals surface area (Å²) >= 11 is 2.45. The summed E-state index contributed by atoms with van der Waals surface area (Å²) in [6, 6.07) is -0.952. The Morgan fingerprint density at radius 1 is 1.38 bits per heavy atom. The first-order chi connectivity index (χ1) is 16.0. The van der Waals surface area contributed by atoms with Crippen LogP contribution >= 0.6 is 23.1 Å². The molecule has 0 spiro atoms. The number of amides is 2. The summed E-state index contributed by atoms with van der Waals surface area (Å²) in [5.41, 5.74) is 6.09. The number of nitrogens with two attached hydrogens (primary N) is 1. The van der Waals surface area contributed by atoms with Crippen molar-refractivity contribution in [2.75, 3.05) is 45.3 Å². The first-order valence-electron chi connectivity index (χ1n) is 10.3. The molecule has 184 valence electrons. The molecule has 4 atom stereocenters. The molecule has 34 heavy (non-hydrogen) atoms. The van der Waals surface area contributed by atoms with Gasteiger partial charge in [-0.3, -0.25) is 14.5 Å². The Morgan fingerprint density at radius 2 is 2.06 bits per heavy atom. The molecular weight excluding hydrogens is 488 g/mol. The van der Waals surface area contributed by atoms with Crippen LogP contribution in [0.3, 0.4) is 0 Å². The van der Waals surface area contributed by atoms with Gasteiger partial charge in [-0.05, 0) is 0 Å². The van der Waals surface area contributed by atoms with E-state index in [0.717, 1.165) is 11.3 Å². The van der Waals surface area contributed by atoms with E-state index in [1.165, 1.54) is 29.2 Å². The molecule has 1 aromatic heterocycles. The molecular formula is C19H25N6O7S2+. The second-order valence-electron chi connectivity index (χ2n) is 8.59. The molecule has 0 bridgehead atoms. The molecule has 1 unspecified atom stereocenters. The second kappa shape index (κ2) is 9.14. The molecule has 2 amide bonds. The van der Waals surface area contributed by atoms with Crippen molar-refractivity contribution in [2.45, 2.75) is 23.6 Å². The number of fused-ring (bicyclic) bond motifs is 1. The average Bonchev–Trinajstić information content (AvgIpc) is 3.30. The molecule has 3 aliphatic rings. The van der Waals surface area contributed by atoms with E-state index in [2.05, 4.69) is 15.5 Å². The van der Waals surface area contributed by atoms with Crippen molar-refractivity contribution in [3.8, 4) is 0 Å². The lowest BCUT2D eigenvalue weighted by atomic mass is 10.0. The third-order valence-corrected chi connectivity index (χ3v) is 7.98. The van der Waals surface area contributed by atoms with Crippen LogP contribution in [0.25, 0.3) is 0 Å². The molecule has 2 saturated heterocycles. The molecule has 0 radical (unpaired) electrons. The van der Waals surface area contributed by atoms with Gasteiger partial charge < -0.3 is 35.7 Å². The van der Waals surface area contributed by atoms with Gasteiger partial charge in [-0.15, -0.1) is 23.1 Å². The predicted molar refractivity (Wildman–Crippen MR) is 123 cm³/mol. The minimum absolute atomic E-state index is 0.118. The standard InChI is InChI=1S/C19H24N6O7S2/c1-25(4-10(26)11(27)5-25)3-8-6-33-17-13(16(29)24(17)14(8)18(30)31)22-15(28)12(23-32-2)9-7-34-19(20)21-9/h7,10-11,13,17,26-27H,3-6H2,1-2H3,(H3-,20,21,22,28,30,31)/p+1/t10-,11-,13?,17+/m1/s1. The molecule has 1 aromatic rings. The van der Waals surface area contributed by atoms with Crippen LogP contribution in [0.2, 0.25) is 0 Å². The van der Waals surface area contributed by atoms with Crippen LogP contribution in [-0.2, 0) is 19.2 Å². The summed E-state index contributed by atoms with van der Waals surface area (Å²) < 4.78 is 0.259. The molecule has 6 N–H and O–H groups in total. The Balaban J connectivity index is 1.52. The number of nitrogen functional groups attached to an aromatic ring is 1. The zero-order valence-corrected chi connectivity index (χ0v) is 20.0. The Morgan fingerprint density at radius 3 is 2.62 bits per heavy atom. The average molecular weight is 514 g/mol. The summed E-state index contributed by atoms with van der Waals surface area (Å²) in [7, 11) is 3.09. The van der Waals surface area contributed by atoms with E-state index in [0.29, 0.717) is 11.3 Å². The number of thiazole rings is 1. The summed E-state index contributed by atoms with van der Waals surface area (Å²) in [6.07, 6.45) is -1.77. The highest BCUT2D eigenvalue weighted by atomic mass is 32.2. The molecule has 13 nitrogen and oxygen atoms in total. The van der Waals surface area contributed by atoms with Crippen LogP contribution in [0.4, 0.5) is 5.13 Å². The Hall–Kier alpha value is -2.72. The van der Waals surface area contributed by atoms with Crippen LogP contribution in [0.1, 0.15) is 5.69 Å². The lowest BCUT2D eigenvalue weighted by molar-refractivity contribution is -0.895. The number of carbonyl (C=O) groups excluding carboxylic acids is 2. The van der Waals surface area contributed by atoms with E-state index in [4.69, 9.17) is 10.6 Å². The molecule has 0 saturated carbocycles. The van der Waals surface area contributed by atoms with E-state index in [1.807, 2.05) is 7.05 Å². The van der Waals surface area contributed by atoms with Crippen molar-refractivity contribution in [3.63, 3.8) is 0 Å². The number of hydrogen-bond acceptors (Lipinski definition) is 11. The highest BCUT2D eigenvalue weighted by Crippen LogP contribution is 2.41. The van der Waals surface area contributed by atoms with E-state index in [9.17, 15) is 29.7 Å². The third kappa shape index (κ3) is 4.36. The molecule has 4 rings (SSSR count). The number of hydrogen-bond donors (Lipinski definition) is 5. The second-order valence-corrected chi connectivity index (χ2v) is 10.6. The monoisotopic (exact) mass is 513 g/mol. The first kappa shape index (κ1) is 24.4. The van der Waals surface area contributed by atoms with Gasteiger partial charge in [-0.2, -0.15) is 0 Å². The van der Waals surface area contributed by atoms with Crippen LogP contribution in [0, 0.1) is 0 Å². The zero-order chi connectivity index (χ0) is 24.8. The van der Waals surface area contributed by atoms with Crippen LogP contribution in [-0.4, -0.2) is 116 Å². The van der Waals surface area contributed by atoms with Gasteiger partial charge in [0.2, 0.25) is 0 Å². The van der Waals surface area contributed by atoms with E-state index in [-0.39, 0.29) is 46.4 Å². The quantitative estimate of drug-likeness (QED) is 0.118. The van der Waals surface area contributed by atoms with Crippen molar-refractivity contribution in [2.24, 2.45) is 5.16 Å². The smallest absolute Gasteiger partial charge is 0.352 e. The lowest BCUT2D eigenvalue weighted by Gasteiger charge is -2.49. The maximum absolute atomic E-state index is 12.9. The molecule has 15 heteroatoms. The number of aromatic nitrogens is 1. The number of quaternary nitrogens is 1.